The summed E-state index contributed by atoms with van der Waals surface area (Å²) in [6, 6.07) is 22.5. The number of nitrogens with one attached hydrogen (secondary N) is 1. The average Bonchev–Trinajstić information content (AvgIpc) is 2.80. The Morgan fingerprint density at radius 1 is 0.871 bits per heavy atom. The smallest absolute Gasteiger partial charge is 0.161 e. The number of ether oxygens (including phenoxy) is 3. The number of phenolic OH excluding ortho intramolecular Hbond substituents is 1. The van der Waals surface area contributed by atoms with E-state index in [4.69, 9.17) is 14.2 Å². The molecular formula is C25H29NO5. The van der Waals surface area contributed by atoms with Gasteiger partial charge in [-0.3, -0.25) is 0 Å². The van der Waals surface area contributed by atoms with Crippen molar-refractivity contribution in [1.82, 2.24) is 5.32 Å². The molecule has 0 aliphatic carbocycles. The summed E-state index contributed by atoms with van der Waals surface area (Å²) >= 11 is 0. The van der Waals surface area contributed by atoms with Crippen LogP contribution in [0.3, 0.4) is 0 Å². The van der Waals surface area contributed by atoms with E-state index in [0.29, 0.717) is 23.8 Å². The van der Waals surface area contributed by atoms with Gasteiger partial charge in [0.1, 0.15) is 24.2 Å². The molecule has 0 saturated heterocycles. The monoisotopic (exact) mass is 423 g/mol. The number of aromatic hydroxyl groups is 1. The molecule has 0 amide bonds. The van der Waals surface area contributed by atoms with E-state index < -0.39 is 6.10 Å². The van der Waals surface area contributed by atoms with Crippen molar-refractivity contribution in [3.8, 4) is 23.0 Å². The normalized spacial score (nSPS) is 12.7. The van der Waals surface area contributed by atoms with Crippen molar-refractivity contribution in [2.24, 2.45) is 0 Å². The van der Waals surface area contributed by atoms with Gasteiger partial charge in [-0.1, -0.05) is 42.5 Å². The minimum Gasteiger partial charge on any atom is -0.508 e. The summed E-state index contributed by atoms with van der Waals surface area (Å²) in [4.78, 5) is 0. The van der Waals surface area contributed by atoms with Crippen LogP contribution in [0.2, 0.25) is 0 Å². The van der Waals surface area contributed by atoms with Gasteiger partial charge in [0.2, 0.25) is 0 Å². The van der Waals surface area contributed by atoms with E-state index in [1.54, 1.807) is 32.4 Å². The minimum atomic E-state index is -0.722. The second-order valence-corrected chi connectivity index (χ2v) is 7.23. The van der Waals surface area contributed by atoms with Crippen LogP contribution >= 0.6 is 0 Å². The Hall–Kier alpha value is -3.22. The Balaban J connectivity index is 1.68. The van der Waals surface area contributed by atoms with Crippen molar-refractivity contribution in [3.63, 3.8) is 0 Å². The van der Waals surface area contributed by atoms with Gasteiger partial charge in [-0.05, 0) is 41.8 Å². The molecule has 6 heteroatoms. The molecule has 0 fully saturated rings. The molecular weight excluding hydrogens is 394 g/mol. The van der Waals surface area contributed by atoms with Crippen molar-refractivity contribution >= 4 is 0 Å². The van der Waals surface area contributed by atoms with Crippen LogP contribution in [0.25, 0.3) is 0 Å². The summed E-state index contributed by atoms with van der Waals surface area (Å²) in [6.07, 6.45) is 0.0250. The summed E-state index contributed by atoms with van der Waals surface area (Å²) in [5.41, 5.74) is 2.21. The molecule has 0 aliphatic rings. The van der Waals surface area contributed by atoms with Crippen LogP contribution in [0.5, 0.6) is 23.0 Å². The van der Waals surface area contributed by atoms with Crippen molar-refractivity contribution in [2.45, 2.75) is 18.6 Å². The first-order valence-electron chi connectivity index (χ1n) is 10.2. The molecule has 0 radical (unpaired) electrons. The largest absolute Gasteiger partial charge is 0.508 e. The second kappa shape index (κ2) is 11.2. The van der Waals surface area contributed by atoms with Crippen molar-refractivity contribution in [2.75, 3.05) is 27.4 Å². The zero-order valence-corrected chi connectivity index (χ0v) is 17.8. The number of hydrogen-bond acceptors (Lipinski definition) is 6. The third-order valence-corrected chi connectivity index (χ3v) is 4.95. The third kappa shape index (κ3) is 6.64. The Morgan fingerprint density at radius 3 is 2.35 bits per heavy atom. The van der Waals surface area contributed by atoms with E-state index in [-0.39, 0.29) is 18.4 Å². The predicted octanol–water partition coefficient (Wildman–Crippen LogP) is 3.72. The van der Waals surface area contributed by atoms with Gasteiger partial charge in [0.25, 0.3) is 0 Å². The SMILES string of the molecule is COc1ccc(C(Cc2ccccc2)NCC(O)COc2cccc(O)c2)cc1OC. The number of benzene rings is 3. The molecule has 31 heavy (non-hydrogen) atoms. The molecule has 3 rings (SSSR count). The fourth-order valence-electron chi connectivity index (χ4n) is 3.33. The number of phenols is 1. The number of methoxy groups -OCH3 is 2. The van der Waals surface area contributed by atoms with Crippen LogP contribution in [0.15, 0.2) is 72.8 Å². The first kappa shape index (κ1) is 22.5. The van der Waals surface area contributed by atoms with Gasteiger partial charge in [0.05, 0.1) is 14.2 Å². The van der Waals surface area contributed by atoms with E-state index in [9.17, 15) is 10.2 Å². The van der Waals surface area contributed by atoms with Gasteiger partial charge in [-0.2, -0.15) is 0 Å². The Bertz CT molecular complexity index is 948. The van der Waals surface area contributed by atoms with Crippen LogP contribution in [0.4, 0.5) is 0 Å². The van der Waals surface area contributed by atoms with E-state index >= 15 is 0 Å². The number of aliphatic hydroxyl groups excluding tert-OH is 1. The lowest BCUT2D eigenvalue weighted by Crippen LogP contribution is -2.34. The van der Waals surface area contributed by atoms with Crippen molar-refractivity contribution in [1.29, 1.82) is 0 Å². The predicted molar refractivity (Wildman–Crippen MR) is 120 cm³/mol. The highest BCUT2D eigenvalue weighted by Crippen LogP contribution is 2.31. The molecule has 0 bridgehead atoms. The Morgan fingerprint density at radius 2 is 1.65 bits per heavy atom. The number of hydrogen-bond donors (Lipinski definition) is 3. The summed E-state index contributed by atoms with van der Waals surface area (Å²) < 4.78 is 16.4. The molecule has 3 aromatic rings. The van der Waals surface area contributed by atoms with Crippen LogP contribution in [0, 0.1) is 0 Å². The lowest BCUT2D eigenvalue weighted by Gasteiger charge is -2.23. The summed E-state index contributed by atoms with van der Waals surface area (Å²) in [5.74, 6) is 1.97. The van der Waals surface area contributed by atoms with Crippen molar-refractivity contribution in [3.05, 3.63) is 83.9 Å². The molecule has 0 saturated carbocycles. The van der Waals surface area contributed by atoms with Crippen LogP contribution in [-0.2, 0) is 6.42 Å². The quantitative estimate of drug-likeness (QED) is 0.436. The highest BCUT2D eigenvalue weighted by Gasteiger charge is 2.17. The minimum absolute atomic E-state index is 0.0439. The third-order valence-electron chi connectivity index (χ3n) is 4.95. The number of aliphatic hydroxyl groups is 1. The van der Waals surface area contributed by atoms with E-state index in [0.717, 1.165) is 12.0 Å². The standard InChI is InChI=1S/C25H29NO5/c1-29-24-12-11-19(14-25(24)30-2)23(13-18-7-4-3-5-8-18)26-16-21(28)17-31-22-10-6-9-20(27)15-22/h3-12,14-15,21,23,26-28H,13,16-17H2,1-2H3. The zero-order chi connectivity index (χ0) is 22.1. The second-order valence-electron chi connectivity index (χ2n) is 7.23. The number of rotatable bonds is 11. The maximum atomic E-state index is 10.4. The van der Waals surface area contributed by atoms with Gasteiger partial charge >= 0.3 is 0 Å². The fraction of sp³-hybridized carbons (Fsp3) is 0.280. The van der Waals surface area contributed by atoms with Crippen LogP contribution in [-0.4, -0.2) is 43.7 Å². The Labute approximate surface area is 183 Å². The average molecular weight is 424 g/mol. The molecule has 3 N–H and O–H groups in total. The van der Waals surface area contributed by atoms with Gasteiger partial charge < -0.3 is 29.7 Å². The lowest BCUT2D eigenvalue weighted by atomic mass is 9.98. The maximum Gasteiger partial charge on any atom is 0.161 e. The highest BCUT2D eigenvalue weighted by atomic mass is 16.5. The topological polar surface area (TPSA) is 80.2 Å². The van der Waals surface area contributed by atoms with Crippen LogP contribution in [0.1, 0.15) is 17.2 Å². The van der Waals surface area contributed by atoms with Gasteiger partial charge in [0.15, 0.2) is 11.5 Å². The molecule has 164 valence electrons. The maximum absolute atomic E-state index is 10.4. The molecule has 2 unspecified atom stereocenters. The van der Waals surface area contributed by atoms with Gasteiger partial charge in [-0.15, -0.1) is 0 Å². The molecule has 0 aliphatic heterocycles. The molecule has 3 aromatic carbocycles. The van der Waals surface area contributed by atoms with Gasteiger partial charge in [-0.25, -0.2) is 0 Å². The van der Waals surface area contributed by atoms with Gasteiger partial charge in [0, 0.05) is 18.7 Å². The molecule has 2 atom stereocenters. The summed E-state index contributed by atoms with van der Waals surface area (Å²) in [6.45, 7) is 0.450. The van der Waals surface area contributed by atoms with Crippen LogP contribution < -0.4 is 19.5 Å². The highest BCUT2D eigenvalue weighted by molar-refractivity contribution is 5.44. The Kier molecular flexibility index (Phi) is 8.15. The fourth-order valence-corrected chi connectivity index (χ4v) is 3.33. The van der Waals surface area contributed by atoms with E-state index in [2.05, 4.69) is 17.4 Å². The first-order chi connectivity index (χ1) is 15.1. The molecule has 6 nitrogen and oxygen atoms in total. The summed E-state index contributed by atoms with van der Waals surface area (Å²) in [5, 5.41) is 23.4. The van der Waals surface area contributed by atoms with E-state index in [1.165, 1.54) is 11.6 Å². The molecule has 0 heterocycles. The van der Waals surface area contributed by atoms with E-state index in [1.807, 2.05) is 36.4 Å². The molecule has 0 spiro atoms. The zero-order valence-electron chi connectivity index (χ0n) is 17.8. The first-order valence-corrected chi connectivity index (χ1v) is 10.2. The molecule has 0 aromatic heterocycles. The van der Waals surface area contributed by atoms with Crippen molar-refractivity contribution < 1.29 is 24.4 Å². The lowest BCUT2D eigenvalue weighted by molar-refractivity contribution is 0.103. The summed E-state index contributed by atoms with van der Waals surface area (Å²) in [7, 11) is 3.23.